The fraction of sp³-hybridized carbons (Fsp3) is 0.200. The van der Waals surface area contributed by atoms with Gasteiger partial charge in [-0.25, -0.2) is 4.68 Å². The highest BCUT2D eigenvalue weighted by molar-refractivity contribution is 6.33. The molecule has 0 saturated heterocycles. The number of aryl methyl sites for hydroxylation is 1. The molecule has 0 amide bonds. The third kappa shape index (κ3) is 2.86. The smallest absolute Gasteiger partial charge is 0.285 e. The average molecular weight is 302 g/mol. The summed E-state index contributed by atoms with van der Waals surface area (Å²) in [4.78, 5) is 24.3. The fourth-order valence-corrected chi connectivity index (χ4v) is 2.16. The van der Waals surface area contributed by atoms with E-state index < -0.39 is 5.56 Å². The molecule has 2 rings (SSSR count). The van der Waals surface area contributed by atoms with Crippen LogP contribution < -0.4 is 5.56 Å². The lowest BCUT2D eigenvalue weighted by Gasteiger charge is -2.09. The monoisotopic (exact) mass is 301 g/mol. The molecule has 1 aromatic carbocycles. The van der Waals surface area contributed by atoms with Gasteiger partial charge in [0, 0.05) is 5.56 Å². The van der Waals surface area contributed by atoms with Gasteiger partial charge in [0.25, 0.3) is 5.56 Å². The number of nitriles is 1. The first kappa shape index (κ1) is 14.9. The highest BCUT2D eigenvalue weighted by Gasteiger charge is 2.16. The summed E-state index contributed by atoms with van der Waals surface area (Å²) in [6.07, 6.45) is 0. The van der Waals surface area contributed by atoms with E-state index in [0.717, 1.165) is 4.68 Å². The van der Waals surface area contributed by atoms with Crippen molar-refractivity contribution in [1.29, 1.82) is 5.26 Å². The van der Waals surface area contributed by atoms with E-state index in [2.05, 4.69) is 5.10 Å². The predicted octanol–water partition coefficient (Wildman–Crippen LogP) is 2.27. The van der Waals surface area contributed by atoms with Crippen molar-refractivity contribution in [3.05, 3.63) is 62.0 Å². The van der Waals surface area contributed by atoms with Crippen molar-refractivity contribution in [2.24, 2.45) is 0 Å². The van der Waals surface area contributed by atoms with Gasteiger partial charge >= 0.3 is 0 Å². The molecule has 0 unspecified atom stereocenters. The minimum Gasteiger partial charge on any atom is -0.292 e. The molecule has 21 heavy (non-hydrogen) atoms. The maximum atomic E-state index is 12.2. The van der Waals surface area contributed by atoms with Crippen molar-refractivity contribution in [3.8, 4) is 6.07 Å². The molecule has 6 heteroatoms. The Morgan fingerprint density at radius 3 is 2.67 bits per heavy atom. The zero-order chi connectivity index (χ0) is 15.6. The van der Waals surface area contributed by atoms with Gasteiger partial charge in [0.2, 0.25) is 0 Å². The fourth-order valence-electron chi connectivity index (χ4n) is 1.92. The van der Waals surface area contributed by atoms with Crippen LogP contribution in [-0.4, -0.2) is 15.6 Å². The SMILES string of the molecule is Cc1nn(CC(=O)c2ccccc2Cl)c(=O)c(C#N)c1C. The van der Waals surface area contributed by atoms with Gasteiger partial charge < -0.3 is 0 Å². The van der Waals surface area contributed by atoms with Crippen molar-refractivity contribution in [3.63, 3.8) is 0 Å². The molecule has 1 aromatic heterocycles. The predicted molar refractivity (Wildman–Crippen MR) is 78.5 cm³/mol. The van der Waals surface area contributed by atoms with Crippen LogP contribution in [0.15, 0.2) is 29.1 Å². The Kier molecular flexibility index (Phi) is 4.20. The van der Waals surface area contributed by atoms with Crippen LogP contribution in [0.2, 0.25) is 5.02 Å². The van der Waals surface area contributed by atoms with Gasteiger partial charge in [0.05, 0.1) is 10.7 Å². The molecule has 0 spiro atoms. The first-order valence-electron chi connectivity index (χ1n) is 6.22. The van der Waals surface area contributed by atoms with Crippen LogP contribution in [0.5, 0.6) is 0 Å². The second-order valence-corrected chi connectivity index (χ2v) is 4.97. The van der Waals surface area contributed by atoms with Gasteiger partial charge in [0.15, 0.2) is 5.78 Å². The largest absolute Gasteiger partial charge is 0.292 e. The van der Waals surface area contributed by atoms with Crippen molar-refractivity contribution < 1.29 is 4.79 Å². The van der Waals surface area contributed by atoms with E-state index in [0.29, 0.717) is 21.8 Å². The summed E-state index contributed by atoms with van der Waals surface area (Å²) < 4.78 is 1.01. The minimum absolute atomic E-state index is 0.00876. The zero-order valence-electron chi connectivity index (χ0n) is 11.6. The van der Waals surface area contributed by atoms with E-state index in [-0.39, 0.29) is 17.9 Å². The van der Waals surface area contributed by atoms with Crippen LogP contribution in [-0.2, 0) is 6.54 Å². The molecular formula is C15H12ClN3O2. The van der Waals surface area contributed by atoms with Gasteiger partial charge in [-0.2, -0.15) is 10.4 Å². The highest BCUT2D eigenvalue weighted by Crippen LogP contribution is 2.16. The van der Waals surface area contributed by atoms with E-state index >= 15 is 0 Å². The van der Waals surface area contributed by atoms with Crippen molar-refractivity contribution >= 4 is 17.4 Å². The topological polar surface area (TPSA) is 75.8 Å². The maximum absolute atomic E-state index is 12.2. The maximum Gasteiger partial charge on any atom is 0.285 e. The van der Waals surface area contributed by atoms with Crippen LogP contribution in [0.3, 0.4) is 0 Å². The summed E-state index contributed by atoms with van der Waals surface area (Å²) in [6.45, 7) is 3.09. The van der Waals surface area contributed by atoms with Crippen LogP contribution in [0.1, 0.15) is 27.2 Å². The van der Waals surface area contributed by atoms with E-state index in [4.69, 9.17) is 16.9 Å². The third-order valence-electron chi connectivity index (χ3n) is 3.22. The van der Waals surface area contributed by atoms with Gasteiger partial charge in [-0.05, 0) is 31.5 Å². The highest BCUT2D eigenvalue weighted by atomic mass is 35.5. The number of aromatic nitrogens is 2. The Bertz CT molecular complexity index is 819. The first-order valence-corrected chi connectivity index (χ1v) is 6.59. The number of carbonyl (C=O) groups excluding carboxylic acids is 1. The molecule has 0 aliphatic carbocycles. The van der Waals surface area contributed by atoms with Gasteiger partial charge in [0.1, 0.15) is 18.2 Å². The standard InChI is InChI=1S/C15H12ClN3O2/c1-9-10(2)18-19(15(21)12(9)7-17)8-14(20)11-5-3-4-6-13(11)16/h3-6H,8H2,1-2H3. The summed E-state index contributed by atoms with van der Waals surface area (Å²) in [7, 11) is 0. The van der Waals surface area contributed by atoms with Crippen LogP contribution in [0.4, 0.5) is 0 Å². The third-order valence-corrected chi connectivity index (χ3v) is 3.55. The molecule has 0 atom stereocenters. The lowest BCUT2D eigenvalue weighted by molar-refractivity contribution is 0.0965. The van der Waals surface area contributed by atoms with E-state index in [9.17, 15) is 9.59 Å². The minimum atomic E-state index is -0.569. The Hall–Kier alpha value is -2.45. The van der Waals surface area contributed by atoms with Crippen LogP contribution >= 0.6 is 11.6 Å². The Balaban J connectivity index is 2.44. The number of Topliss-reactive ketones (excluding diaryl/α,β-unsaturated/α-hetero) is 1. The number of rotatable bonds is 3. The average Bonchev–Trinajstić information content (AvgIpc) is 2.45. The number of nitrogens with zero attached hydrogens (tertiary/aromatic N) is 3. The van der Waals surface area contributed by atoms with Crippen molar-refractivity contribution in [2.45, 2.75) is 20.4 Å². The van der Waals surface area contributed by atoms with Gasteiger partial charge in [-0.3, -0.25) is 9.59 Å². The number of benzene rings is 1. The van der Waals surface area contributed by atoms with E-state index in [1.807, 2.05) is 6.07 Å². The van der Waals surface area contributed by atoms with Gasteiger partial charge in [-0.1, -0.05) is 23.7 Å². The second-order valence-electron chi connectivity index (χ2n) is 4.56. The normalized spacial score (nSPS) is 10.2. The van der Waals surface area contributed by atoms with Crippen molar-refractivity contribution in [2.75, 3.05) is 0 Å². The Labute approximate surface area is 126 Å². The molecule has 0 saturated carbocycles. The van der Waals surface area contributed by atoms with Crippen molar-refractivity contribution in [1.82, 2.24) is 9.78 Å². The number of carbonyl (C=O) groups is 1. The quantitative estimate of drug-likeness (QED) is 0.815. The van der Waals surface area contributed by atoms with Gasteiger partial charge in [-0.15, -0.1) is 0 Å². The molecule has 106 valence electrons. The summed E-state index contributed by atoms with van der Waals surface area (Å²) in [5.74, 6) is -0.331. The first-order chi connectivity index (χ1) is 9.95. The van der Waals surface area contributed by atoms with E-state index in [1.165, 1.54) is 0 Å². The summed E-state index contributed by atoms with van der Waals surface area (Å²) in [6, 6.07) is 8.45. The number of ketones is 1. The molecule has 1 heterocycles. The molecule has 0 fully saturated rings. The molecule has 0 N–H and O–H groups in total. The Morgan fingerprint density at radius 1 is 1.38 bits per heavy atom. The lowest BCUT2D eigenvalue weighted by atomic mass is 10.1. The summed E-state index contributed by atoms with van der Waals surface area (Å²) in [5, 5.41) is 13.4. The molecule has 0 bridgehead atoms. The molecule has 0 aliphatic rings. The summed E-state index contributed by atoms with van der Waals surface area (Å²) >= 11 is 5.96. The number of hydrogen-bond acceptors (Lipinski definition) is 4. The van der Waals surface area contributed by atoms with Crippen LogP contribution in [0, 0.1) is 25.2 Å². The molecule has 2 aromatic rings. The second kappa shape index (κ2) is 5.90. The summed E-state index contributed by atoms with van der Waals surface area (Å²) in [5.41, 5.74) is 0.835. The zero-order valence-corrected chi connectivity index (χ0v) is 12.3. The molecule has 5 nitrogen and oxygen atoms in total. The lowest BCUT2D eigenvalue weighted by Crippen LogP contribution is -2.30. The Morgan fingerprint density at radius 2 is 2.05 bits per heavy atom. The number of hydrogen-bond donors (Lipinski definition) is 0. The van der Waals surface area contributed by atoms with Crippen LogP contribution in [0.25, 0.3) is 0 Å². The van der Waals surface area contributed by atoms with E-state index in [1.54, 1.807) is 38.1 Å². The molecule has 0 radical (unpaired) electrons. The molecule has 0 aliphatic heterocycles. The number of halogens is 1. The molecular weight excluding hydrogens is 290 g/mol.